The van der Waals surface area contributed by atoms with E-state index in [1.807, 2.05) is 36.4 Å². The average molecular weight is 474 g/mol. The largest absolute Gasteiger partial charge is 0.496 e. The van der Waals surface area contributed by atoms with E-state index in [4.69, 9.17) is 27.9 Å². The summed E-state index contributed by atoms with van der Waals surface area (Å²) < 4.78 is 8.50. The number of thioether (sulfide) groups is 1. The molecule has 0 amide bonds. The van der Waals surface area contributed by atoms with Crippen molar-refractivity contribution in [3.05, 3.63) is 93.0 Å². The van der Waals surface area contributed by atoms with Crippen molar-refractivity contribution >= 4 is 46.5 Å². The summed E-state index contributed by atoms with van der Waals surface area (Å²) in [7, 11) is 1.63. The van der Waals surface area contributed by atoms with Crippen molar-refractivity contribution in [2.45, 2.75) is 10.9 Å². The fourth-order valence-electron chi connectivity index (χ4n) is 2.88. The number of benzene rings is 2. The predicted molar refractivity (Wildman–Crippen MR) is 124 cm³/mol. The second kappa shape index (κ2) is 9.47. The highest BCUT2D eigenvalue weighted by Gasteiger charge is 2.16. The second-order valence-electron chi connectivity index (χ2n) is 6.36. The Morgan fingerprint density at radius 2 is 1.84 bits per heavy atom. The third-order valence-corrected chi connectivity index (χ3v) is 5.88. The molecule has 2 heterocycles. The standard InChI is InChI=1S/C21H17Cl2N5O2S/c1-30-18-7-3-2-6-14(18)13-31-21-26-25-19(20(29)28(21)27-10-4-5-11-27)24-17-9-8-15(22)12-16(17)23/h2-12H,13H2,1H3,(H,24,25). The van der Waals surface area contributed by atoms with Crippen LogP contribution in [0.25, 0.3) is 0 Å². The van der Waals surface area contributed by atoms with Crippen molar-refractivity contribution in [1.82, 2.24) is 19.5 Å². The van der Waals surface area contributed by atoms with Crippen molar-refractivity contribution in [3.8, 4) is 5.75 Å². The van der Waals surface area contributed by atoms with Crippen LogP contribution in [0.5, 0.6) is 5.75 Å². The molecule has 0 radical (unpaired) electrons. The van der Waals surface area contributed by atoms with Gasteiger partial charge >= 0.3 is 5.56 Å². The molecular formula is C21H17Cl2N5O2S. The number of nitrogens with zero attached hydrogens (tertiary/aromatic N) is 4. The van der Waals surface area contributed by atoms with Gasteiger partial charge in [0.1, 0.15) is 5.75 Å². The molecular weight excluding hydrogens is 457 g/mol. The summed E-state index contributed by atoms with van der Waals surface area (Å²) >= 11 is 13.6. The van der Waals surface area contributed by atoms with Gasteiger partial charge in [-0.1, -0.05) is 53.2 Å². The lowest BCUT2D eigenvalue weighted by Gasteiger charge is -2.14. The quantitative estimate of drug-likeness (QED) is 0.376. The molecule has 31 heavy (non-hydrogen) atoms. The lowest BCUT2D eigenvalue weighted by molar-refractivity contribution is 0.411. The van der Waals surface area contributed by atoms with Crippen molar-refractivity contribution in [2.75, 3.05) is 12.4 Å². The second-order valence-corrected chi connectivity index (χ2v) is 8.15. The highest BCUT2D eigenvalue weighted by Crippen LogP contribution is 2.28. The van der Waals surface area contributed by atoms with Crippen molar-refractivity contribution in [3.63, 3.8) is 0 Å². The molecule has 4 aromatic rings. The van der Waals surface area contributed by atoms with Gasteiger partial charge in [0.25, 0.3) is 0 Å². The summed E-state index contributed by atoms with van der Waals surface area (Å²) in [5.41, 5.74) is 1.11. The minimum Gasteiger partial charge on any atom is -0.496 e. The van der Waals surface area contributed by atoms with Gasteiger partial charge in [-0.05, 0) is 36.4 Å². The first-order valence-electron chi connectivity index (χ1n) is 9.17. The number of ether oxygens (including phenoxy) is 1. The number of rotatable bonds is 7. The molecule has 0 aliphatic carbocycles. The Labute approximate surface area is 192 Å². The SMILES string of the molecule is COc1ccccc1CSc1nnc(Nc2ccc(Cl)cc2Cl)c(=O)n1-n1cccc1. The van der Waals surface area contributed by atoms with E-state index in [0.29, 0.717) is 26.6 Å². The van der Waals surface area contributed by atoms with Gasteiger partial charge < -0.3 is 10.1 Å². The van der Waals surface area contributed by atoms with Gasteiger partial charge in [-0.25, -0.2) is 0 Å². The lowest BCUT2D eigenvalue weighted by atomic mass is 10.2. The van der Waals surface area contributed by atoms with E-state index in [1.165, 1.54) is 16.4 Å². The molecule has 4 rings (SSSR count). The molecule has 0 saturated heterocycles. The molecule has 0 fully saturated rings. The topological polar surface area (TPSA) is 74.0 Å². The molecule has 0 saturated carbocycles. The van der Waals surface area contributed by atoms with Gasteiger partial charge in [0.2, 0.25) is 11.0 Å². The molecule has 2 aromatic carbocycles. The molecule has 158 valence electrons. The van der Waals surface area contributed by atoms with Crippen LogP contribution in [0, 0.1) is 0 Å². The number of nitrogens with one attached hydrogen (secondary N) is 1. The molecule has 0 aliphatic rings. The van der Waals surface area contributed by atoms with Gasteiger partial charge in [-0.2, -0.15) is 4.68 Å². The highest BCUT2D eigenvalue weighted by atomic mass is 35.5. The smallest absolute Gasteiger partial charge is 0.316 e. The molecule has 7 nitrogen and oxygen atoms in total. The molecule has 1 N–H and O–H groups in total. The first-order chi connectivity index (χ1) is 15.1. The fraction of sp³-hybridized carbons (Fsp3) is 0.0952. The summed E-state index contributed by atoms with van der Waals surface area (Å²) in [6, 6.07) is 16.3. The Morgan fingerprint density at radius 3 is 2.58 bits per heavy atom. The predicted octanol–water partition coefficient (Wildman–Crippen LogP) is 5.10. The van der Waals surface area contributed by atoms with E-state index in [0.717, 1.165) is 11.3 Å². The number of para-hydroxylation sites is 1. The maximum atomic E-state index is 13.3. The van der Waals surface area contributed by atoms with Gasteiger partial charge in [-0.3, -0.25) is 9.47 Å². The number of hydrogen-bond donors (Lipinski definition) is 1. The first kappa shape index (κ1) is 21.3. The van der Waals surface area contributed by atoms with Crippen molar-refractivity contribution < 1.29 is 4.74 Å². The number of anilines is 2. The van der Waals surface area contributed by atoms with Crippen molar-refractivity contribution in [2.24, 2.45) is 0 Å². The van der Waals surface area contributed by atoms with Crippen LogP contribution in [0.4, 0.5) is 11.5 Å². The maximum absolute atomic E-state index is 13.3. The van der Waals surface area contributed by atoms with Crippen LogP contribution < -0.4 is 15.6 Å². The number of hydrogen-bond acceptors (Lipinski definition) is 6. The van der Waals surface area contributed by atoms with Gasteiger partial charge in [0.05, 0.1) is 17.8 Å². The van der Waals surface area contributed by atoms with Crippen LogP contribution in [0.2, 0.25) is 10.0 Å². The molecule has 2 aromatic heterocycles. The molecule has 0 atom stereocenters. The number of aromatic nitrogens is 4. The third-order valence-electron chi connectivity index (χ3n) is 4.36. The average Bonchev–Trinajstić information content (AvgIpc) is 3.30. The van der Waals surface area contributed by atoms with E-state index in [2.05, 4.69) is 15.5 Å². The molecule has 10 heteroatoms. The Balaban J connectivity index is 1.69. The summed E-state index contributed by atoms with van der Waals surface area (Å²) in [4.78, 5) is 13.3. The summed E-state index contributed by atoms with van der Waals surface area (Å²) in [6.45, 7) is 0. The Morgan fingerprint density at radius 1 is 1.06 bits per heavy atom. The summed E-state index contributed by atoms with van der Waals surface area (Å²) in [5.74, 6) is 1.36. The van der Waals surface area contributed by atoms with E-state index in [-0.39, 0.29) is 11.4 Å². The Hall–Kier alpha value is -2.94. The van der Waals surface area contributed by atoms with Crippen LogP contribution in [-0.2, 0) is 5.75 Å². The van der Waals surface area contributed by atoms with Gasteiger partial charge in [0.15, 0.2) is 0 Å². The number of methoxy groups -OCH3 is 1. The lowest BCUT2D eigenvalue weighted by Crippen LogP contribution is -2.30. The summed E-state index contributed by atoms with van der Waals surface area (Å²) in [5, 5.41) is 12.6. The van der Waals surface area contributed by atoms with E-state index in [1.54, 1.807) is 42.4 Å². The van der Waals surface area contributed by atoms with Crippen LogP contribution in [0.3, 0.4) is 0 Å². The van der Waals surface area contributed by atoms with Gasteiger partial charge in [0, 0.05) is 28.7 Å². The Kier molecular flexibility index (Phi) is 6.50. The zero-order valence-electron chi connectivity index (χ0n) is 16.3. The van der Waals surface area contributed by atoms with Crippen molar-refractivity contribution in [1.29, 1.82) is 0 Å². The third kappa shape index (κ3) is 4.71. The zero-order chi connectivity index (χ0) is 21.8. The normalized spacial score (nSPS) is 10.8. The molecule has 0 aliphatic heterocycles. The monoisotopic (exact) mass is 473 g/mol. The maximum Gasteiger partial charge on any atom is 0.316 e. The molecule has 0 unspecified atom stereocenters. The van der Waals surface area contributed by atoms with Crippen LogP contribution in [0.15, 0.2) is 76.9 Å². The van der Waals surface area contributed by atoms with Gasteiger partial charge in [-0.15, -0.1) is 10.2 Å². The van der Waals surface area contributed by atoms with Crippen LogP contribution >= 0.6 is 35.0 Å². The zero-order valence-corrected chi connectivity index (χ0v) is 18.7. The highest BCUT2D eigenvalue weighted by molar-refractivity contribution is 7.98. The van der Waals surface area contributed by atoms with Crippen LogP contribution in [0.1, 0.15) is 5.56 Å². The molecule has 0 bridgehead atoms. The number of halogens is 2. The minimum atomic E-state index is -0.375. The fourth-order valence-corrected chi connectivity index (χ4v) is 4.26. The van der Waals surface area contributed by atoms with E-state index >= 15 is 0 Å². The molecule has 0 spiro atoms. The van der Waals surface area contributed by atoms with E-state index in [9.17, 15) is 4.79 Å². The van der Waals surface area contributed by atoms with Crippen LogP contribution in [-0.4, -0.2) is 26.7 Å². The summed E-state index contributed by atoms with van der Waals surface area (Å²) in [6.07, 6.45) is 3.52. The Bertz CT molecular complexity index is 1260. The first-order valence-corrected chi connectivity index (χ1v) is 10.9. The minimum absolute atomic E-state index is 0.0413. The van der Waals surface area contributed by atoms with E-state index < -0.39 is 0 Å².